The monoisotopic (exact) mass is 434 g/mol. The number of carbonyl (C=O) groups is 1. The normalized spacial score (nSPS) is 15.7. The molecule has 1 aliphatic heterocycles. The lowest BCUT2D eigenvalue weighted by Gasteiger charge is -2.35. The summed E-state index contributed by atoms with van der Waals surface area (Å²) in [6, 6.07) is 9.25. The molecule has 0 spiro atoms. The molecule has 4 aromatic rings. The van der Waals surface area contributed by atoms with Crippen LogP contribution in [-0.4, -0.2) is 41.2 Å². The maximum absolute atomic E-state index is 13.3. The Hall–Kier alpha value is -3.46. The molecule has 31 heavy (non-hydrogen) atoms. The first-order valence-corrected chi connectivity index (χ1v) is 10.7. The highest BCUT2D eigenvalue weighted by Gasteiger charge is 2.34. The molecule has 3 aromatic heterocycles. The van der Waals surface area contributed by atoms with E-state index in [9.17, 15) is 9.18 Å². The van der Waals surface area contributed by atoms with E-state index in [1.807, 2.05) is 30.9 Å². The number of aryl methyl sites for hydroxylation is 1. The van der Waals surface area contributed by atoms with Crippen molar-refractivity contribution in [3.63, 3.8) is 0 Å². The zero-order chi connectivity index (χ0) is 21.5. The Morgan fingerprint density at radius 1 is 1.10 bits per heavy atom. The van der Waals surface area contributed by atoms with Crippen LogP contribution in [0.2, 0.25) is 0 Å². The fraction of sp³-hybridized carbons (Fsp3) is 0.227. The average Bonchev–Trinajstić information content (AvgIpc) is 3.39. The third-order valence-electron chi connectivity index (χ3n) is 5.46. The van der Waals surface area contributed by atoms with Crippen LogP contribution in [-0.2, 0) is 6.54 Å². The topological polar surface area (TPSA) is 76.8 Å². The second kappa shape index (κ2) is 7.66. The first-order chi connectivity index (χ1) is 15.0. The molecular weight excluding hydrogens is 415 g/mol. The van der Waals surface area contributed by atoms with Crippen LogP contribution >= 0.6 is 11.5 Å². The van der Waals surface area contributed by atoms with Crippen molar-refractivity contribution in [2.75, 3.05) is 6.54 Å². The maximum atomic E-state index is 13.3. The highest BCUT2D eigenvalue weighted by atomic mass is 32.1. The van der Waals surface area contributed by atoms with Crippen molar-refractivity contribution in [2.45, 2.75) is 26.4 Å². The van der Waals surface area contributed by atoms with Gasteiger partial charge in [0.25, 0.3) is 5.91 Å². The van der Waals surface area contributed by atoms with E-state index >= 15 is 0 Å². The van der Waals surface area contributed by atoms with Gasteiger partial charge >= 0.3 is 0 Å². The Balaban J connectivity index is 1.61. The number of pyridine rings is 1. The van der Waals surface area contributed by atoms with Crippen LogP contribution in [0.15, 0.2) is 48.8 Å². The summed E-state index contributed by atoms with van der Waals surface area (Å²) in [5, 5.41) is 0.754. The molecule has 0 bridgehead atoms. The zero-order valence-corrected chi connectivity index (χ0v) is 17.8. The number of fused-ring (bicyclic) bond motifs is 1. The summed E-state index contributed by atoms with van der Waals surface area (Å²) in [5.41, 5.74) is 3.13. The molecule has 4 heterocycles. The number of aromatic nitrogens is 5. The summed E-state index contributed by atoms with van der Waals surface area (Å²) in [7, 11) is 0. The molecule has 0 N–H and O–H groups in total. The van der Waals surface area contributed by atoms with Crippen molar-refractivity contribution in [3.05, 3.63) is 71.7 Å². The van der Waals surface area contributed by atoms with Gasteiger partial charge < -0.3 is 9.47 Å². The summed E-state index contributed by atoms with van der Waals surface area (Å²) in [6.45, 7) is 4.95. The van der Waals surface area contributed by atoms with E-state index in [0.717, 1.165) is 27.8 Å². The number of hydrogen-bond acceptors (Lipinski definition) is 6. The molecule has 0 fully saturated rings. The van der Waals surface area contributed by atoms with Crippen molar-refractivity contribution < 1.29 is 9.18 Å². The third-order valence-corrected chi connectivity index (χ3v) is 6.26. The van der Waals surface area contributed by atoms with Crippen LogP contribution in [0.3, 0.4) is 0 Å². The Bertz CT molecular complexity index is 1250. The summed E-state index contributed by atoms with van der Waals surface area (Å²) in [5.74, 6) is 0.972. The Labute approximate surface area is 182 Å². The number of carbonyl (C=O) groups excluding carboxylic acids is 1. The molecule has 0 radical (unpaired) electrons. The number of imidazole rings is 1. The highest BCUT2D eigenvalue weighted by molar-refractivity contribution is 7.09. The number of hydrogen-bond donors (Lipinski definition) is 0. The van der Waals surface area contributed by atoms with E-state index in [1.165, 1.54) is 35.8 Å². The molecule has 0 saturated heterocycles. The fourth-order valence-corrected chi connectivity index (χ4v) is 4.64. The van der Waals surface area contributed by atoms with E-state index in [1.54, 1.807) is 12.4 Å². The minimum atomic E-state index is -0.363. The lowest BCUT2D eigenvalue weighted by molar-refractivity contribution is 0.0645. The minimum Gasteiger partial charge on any atom is -0.329 e. The van der Waals surface area contributed by atoms with Gasteiger partial charge in [-0.15, -0.1) is 0 Å². The van der Waals surface area contributed by atoms with Gasteiger partial charge in [-0.2, -0.15) is 4.37 Å². The van der Waals surface area contributed by atoms with E-state index in [2.05, 4.69) is 18.9 Å². The zero-order valence-electron chi connectivity index (χ0n) is 17.0. The SMILES string of the molecule is Cc1nsc(-c2nc(-c3ccncc3)c3n2CCN(C(=O)c2ccc(F)cc2)C3C)n1. The number of nitrogens with zero attached hydrogens (tertiary/aromatic N) is 6. The quantitative estimate of drug-likeness (QED) is 0.485. The molecular formula is C22H19FN6OS. The van der Waals surface area contributed by atoms with Crippen molar-refractivity contribution in [3.8, 4) is 22.1 Å². The summed E-state index contributed by atoms with van der Waals surface area (Å²) in [6.07, 6.45) is 3.45. The van der Waals surface area contributed by atoms with Crippen LogP contribution in [0, 0.1) is 12.7 Å². The predicted octanol–water partition coefficient (Wildman–Crippen LogP) is 4.13. The van der Waals surface area contributed by atoms with Crippen LogP contribution < -0.4 is 0 Å². The van der Waals surface area contributed by atoms with Gasteiger partial charge in [-0.3, -0.25) is 9.78 Å². The molecule has 1 aliphatic rings. The van der Waals surface area contributed by atoms with Crippen molar-refractivity contribution in [2.24, 2.45) is 0 Å². The third kappa shape index (κ3) is 3.40. The average molecular weight is 435 g/mol. The van der Waals surface area contributed by atoms with Gasteiger partial charge in [-0.05, 0) is 61.8 Å². The first-order valence-electron chi connectivity index (χ1n) is 9.91. The van der Waals surface area contributed by atoms with Gasteiger partial charge in [0, 0.05) is 36.6 Å². The second-order valence-electron chi connectivity index (χ2n) is 7.38. The van der Waals surface area contributed by atoms with E-state index in [4.69, 9.17) is 4.98 Å². The van der Waals surface area contributed by atoms with Gasteiger partial charge in [-0.1, -0.05) is 0 Å². The molecule has 1 unspecified atom stereocenters. The Morgan fingerprint density at radius 2 is 1.84 bits per heavy atom. The lowest BCUT2D eigenvalue weighted by Crippen LogP contribution is -2.41. The van der Waals surface area contributed by atoms with E-state index in [0.29, 0.717) is 24.5 Å². The Kier molecular flexibility index (Phi) is 4.82. The molecule has 0 aliphatic carbocycles. The lowest BCUT2D eigenvalue weighted by atomic mass is 10.0. The smallest absolute Gasteiger partial charge is 0.254 e. The van der Waals surface area contributed by atoms with Crippen LogP contribution in [0.25, 0.3) is 22.1 Å². The predicted molar refractivity (Wildman–Crippen MR) is 115 cm³/mol. The maximum Gasteiger partial charge on any atom is 0.254 e. The molecule has 9 heteroatoms. The van der Waals surface area contributed by atoms with Crippen molar-refractivity contribution >= 4 is 17.4 Å². The first kappa shape index (κ1) is 19.5. The number of benzene rings is 1. The van der Waals surface area contributed by atoms with Gasteiger partial charge in [0.1, 0.15) is 11.6 Å². The van der Waals surface area contributed by atoms with Gasteiger partial charge in [0.15, 0.2) is 10.8 Å². The van der Waals surface area contributed by atoms with E-state index < -0.39 is 0 Å². The second-order valence-corrected chi connectivity index (χ2v) is 8.14. The molecule has 5 rings (SSSR count). The van der Waals surface area contributed by atoms with Gasteiger partial charge in [-0.25, -0.2) is 14.4 Å². The largest absolute Gasteiger partial charge is 0.329 e. The minimum absolute atomic E-state index is 0.131. The number of rotatable bonds is 3. The van der Waals surface area contributed by atoms with Crippen molar-refractivity contribution in [1.82, 2.24) is 28.8 Å². The number of amides is 1. The Morgan fingerprint density at radius 3 is 2.52 bits per heavy atom. The summed E-state index contributed by atoms with van der Waals surface area (Å²) >= 11 is 1.32. The molecule has 1 aromatic carbocycles. The fourth-order valence-electron chi connectivity index (χ4n) is 3.97. The molecule has 1 amide bonds. The highest BCUT2D eigenvalue weighted by Crippen LogP contribution is 2.38. The summed E-state index contributed by atoms with van der Waals surface area (Å²) < 4.78 is 19.8. The molecule has 0 saturated carbocycles. The standard InChI is InChI=1S/C22H19FN6OS/c1-13-19-18(15-7-9-24-10-8-15)26-20(21-25-14(2)27-31-21)29(19)12-11-28(13)22(30)16-3-5-17(23)6-4-16/h3-10,13H,11-12H2,1-2H3. The van der Waals surface area contributed by atoms with Gasteiger partial charge in [0.2, 0.25) is 0 Å². The molecule has 1 atom stereocenters. The molecule has 7 nitrogen and oxygen atoms in total. The number of halogens is 1. The van der Waals surface area contributed by atoms with Gasteiger partial charge in [0.05, 0.1) is 17.4 Å². The summed E-state index contributed by atoms with van der Waals surface area (Å²) in [4.78, 5) is 28.6. The van der Waals surface area contributed by atoms with Crippen LogP contribution in [0.1, 0.15) is 34.8 Å². The van der Waals surface area contributed by atoms with Crippen LogP contribution in [0.5, 0.6) is 0 Å². The van der Waals surface area contributed by atoms with Crippen molar-refractivity contribution in [1.29, 1.82) is 0 Å². The van der Waals surface area contributed by atoms with Crippen LogP contribution in [0.4, 0.5) is 4.39 Å². The van der Waals surface area contributed by atoms with E-state index in [-0.39, 0.29) is 17.8 Å². The molecule has 156 valence electrons.